The van der Waals surface area contributed by atoms with Crippen molar-refractivity contribution in [1.29, 1.82) is 0 Å². The summed E-state index contributed by atoms with van der Waals surface area (Å²) in [6, 6.07) is 0. The summed E-state index contributed by atoms with van der Waals surface area (Å²) in [5.41, 5.74) is 6.84. The van der Waals surface area contributed by atoms with E-state index in [1.54, 1.807) is 0 Å². The fourth-order valence-corrected chi connectivity index (χ4v) is 2.32. The number of hydrogen-bond donors (Lipinski definition) is 1. The highest BCUT2D eigenvalue weighted by Crippen LogP contribution is 2.35. The van der Waals surface area contributed by atoms with Gasteiger partial charge in [-0.1, -0.05) is 0 Å². The molecule has 2 atom stereocenters. The van der Waals surface area contributed by atoms with Crippen LogP contribution in [-0.4, -0.2) is 22.3 Å². The molecule has 0 bridgehead atoms. The highest BCUT2D eigenvalue weighted by Gasteiger charge is 2.41. The first-order chi connectivity index (χ1) is 7.36. The van der Waals surface area contributed by atoms with Crippen molar-refractivity contribution >= 4 is 0 Å². The standard InChI is InChI=1S/C12H21N3O/c1-9-12(4,5-6-16-9)15-8-14-7-10(15)11(2,3)13/h7-9H,5-6,13H2,1-4H3. The number of hydrogen-bond acceptors (Lipinski definition) is 3. The zero-order chi connectivity index (χ0) is 12.0. The van der Waals surface area contributed by atoms with Crippen LogP contribution in [-0.2, 0) is 15.8 Å². The van der Waals surface area contributed by atoms with Crippen LogP contribution in [0.4, 0.5) is 0 Å². The van der Waals surface area contributed by atoms with Crippen molar-refractivity contribution in [2.75, 3.05) is 6.61 Å². The molecule has 0 radical (unpaired) electrons. The largest absolute Gasteiger partial charge is 0.376 e. The van der Waals surface area contributed by atoms with E-state index in [-0.39, 0.29) is 17.2 Å². The van der Waals surface area contributed by atoms with Crippen molar-refractivity contribution in [3.8, 4) is 0 Å². The number of aromatic nitrogens is 2. The fourth-order valence-electron chi connectivity index (χ4n) is 2.32. The van der Waals surface area contributed by atoms with Gasteiger partial charge in [0, 0.05) is 6.61 Å². The molecular weight excluding hydrogens is 202 g/mol. The van der Waals surface area contributed by atoms with Crippen molar-refractivity contribution in [2.45, 2.75) is 51.3 Å². The highest BCUT2D eigenvalue weighted by molar-refractivity contribution is 5.14. The Hall–Kier alpha value is -0.870. The third-order valence-corrected chi connectivity index (χ3v) is 3.70. The third-order valence-electron chi connectivity index (χ3n) is 3.70. The number of rotatable bonds is 2. The van der Waals surface area contributed by atoms with Gasteiger partial charge in [-0.05, 0) is 34.1 Å². The Morgan fingerprint density at radius 2 is 2.31 bits per heavy atom. The van der Waals surface area contributed by atoms with Crippen molar-refractivity contribution in [3.63, 3.8) is 0 Å². The maximum Gasteiger partial charge on any atom is 0.0954 e. The number of ether oxygens (including phenoxy) is 1. The molecule has 4 heteroatoms. The molecule has 1 aliphatic rings. The molecule has 0 aliphatic carbocycles. The number of imidazole rings is 1. The average Bonchev–Trinajstić information content (AvgIpc) is 2.73. The van der Waals surface area contributed by atoms with Gasteiger partial charge in [-0.3, -0.25) is 0 Å². The molecule has 0 amide bonds. The summed E-state index contributed by atoms with van der Waals surface area (Å²) < 4.78 is 7.86. The highest BCUT2D eigenvalue weighted by atomic mass is 16.5. The van der Waals surface area contributed by atoms with Crippen LogP contribution >= 0.6 is 0 Å². The molecule has 2 N–H and O–H groups in total. The summed E-state index contributed by atoms with van der Waals surface area (Å²) in [5, 5.41) is 0. The number of nitrogens with two attached hydrogens (primary N) is 1. The topological polar surface area (TPSA) is 53.1 Å². The second-order valence-electron chi connectivity index (χ2n) is 5.49. The van der Waals surface area contributed by atoms with Gasteiger partial charge in [0.1, 0.15) is 0 Å². The zero-order valence-corrected chi connectivity index (χ0v) is 10.5. The minimum atomic E-state index is -0.373. The molecular formula is C12H21N3O. The van der Waals surface area contributed by atoms with Gasteiger partial charge in [0.15, 0.2) is 0 Å². The monoisotopic (exact) mass is 223 g/mol. The van der Waals surface area contributed by atoms with E-state index in [1.807, 2.05) is 26.4 Å². The van der Waals surface area contributed by atoms with E-state index in [1.165, 1.54) is 0 Å². The van der Waals surface area contributed by atoms with Gasteiger partial charge in [0.05, 0.1) is 35.4 Å². The lowest BCUT2D eigenvalue weighted by atomic mass is 9.92. The molecule has 1 aliphatic heterocycles. The Morgan fingerprint density at radius 1 is 1.62 bits per heavy atom. The van der Waals surface area contributed by atoms with Gasteiger partial charge in [-0.15, -0.1) is 0 Å². The smallest absolute Gasteiger partial charge is 0.0954 e. The van der Waals surface area contributed by atoms with E-state index in [9.17, 15) is 0 Å². The molecule has 90 valence electrons. The van der Waals surface area contributed by atoms with Crippen molar-refractivity contribution in [2.24, 2.45) is 5.73 Å². The van der Waals surface area contributed by atoms with Crippen LogP contribution in [0.25, 0.3) is 0 Å². The summed E-state index contributed by atoms with van der Waals surface area (Å²) in [5.74, 6) is 0. The van der Waals surface area contributed by atoms with Crippen molar-refractivity contribution < 1.29 is 4.74 Å². The second-order valence-corrected chi connectivity index (χ2v) is 5.49. The summed E-state index contributed by atoms with van der Waals surface area (Å²) in [4.78, 5) is 4.24. The molecule has 1 aromatic heterocycles. The Labute approximate surface area is 96.8 Å². The van der Waals surface area contributed by atoms with Crippen molar-refractivity contribution in [3.05, 3.63) is 18.2 Å². The zero-order valence-electron chi connectivity index (χ0n) is 10.5. The van der Waals surface area contributed by atoms with Gasteiger partial charge in [-0.2, -0.15) is 0 Å². The molecule has 0 aromatic carbocycles. The van der Waals surface area contributed by atoms with Gasteiger partial charge in [0.25, 0.3) is 0 Å². The number of nitrogens with zero attached hydrogens (tertiary/aromatic N) is 2. The first-order valence-electron chi connectivity index (χ1n) is 5.79. The third kappa shape index (κ3) is 1.66. The lowest BCUT2D eigenvalue weighted by Crippen LogP contribution is -2.42. The van der Waals surface area contributed by atoms with Gasteiger partial charge in [0.2, 0.25) is 0 Å². The second kappa shape index (κ2) is 3.57. The van der Waals surface area contributed by atoms with E-state index in [2.05, 4.69) is 23.4 Å². The SMILES string of the molecule is CC1OCCC1(C)n1cncc1C(C)(C)N. The fraction of sp³-hybridized carbons (Fsp3) is 0.750. The average molecular weight is 223 g/mol. The van der Waals surface area contributed by atoms with Gasteiger partial charge >= 0.3 is 0 Å². The molecule has 2 rings (SSSR count). The van der Waals surface area contributed by atoms with Crippen LogP contribution in [0.15, 0.2) is 12.5 Å². The lowest BCUT2D eigenvalue weighted by molar-refractivity contribution is 0.0737. The molecule has 4 nitrogen and oxygen atoms in total. The molecule has 2 heterocycles. The van der Waals surface area contributed by atoms with Crippen LogP contribution < -0.4 is 5.73 Å². The van der Waals surface area contributed by atoms with E-state index in [0.29, 0.717) is 0 Å². The maximum atomic E-state index is 6.17. The van der Waals surface area contributed by atoms with Gasteiger partial charge < -0.3 is 15.0 Å². The minimum absolute atomic E-state index is 0.0253. The van der Waals surface area contributed by atoms with Gasteiger partial charge in [-0.25, -0.2) is 4.98 Å². The van der Waals surface area contributed by atoms with E-state index in [4.69, 9.17) is 10.5 Å². The van der Waals surface area contributed by atoms with Crippen molar-refractivity contribution in [1.82, 2.24) is 9.55 Å². The van der Waals surface area contributed by atoms with Crippen LogP contribution in [0.1, 0.15) is 39.8 Å². The Balaban J connectivity index is 2.45. The molecule has 1 aromatic rings. The predicted octanol–water partition coefficient (Wildman–Crippen LogP) is 1.60. The van der Waals surface area contributed by atoms with E-state index < -0.39 is 0 Å². The Bertz CT molecular complexity index is 380. The summed E-state index contributed by atoms with van der Waals surface area (Å²) in [7, 11) is 0. The quantitative estimate of drug-likeness (QED) is 0.828. The first-order valence-corrected chi connectivity index (χ1v) is 5.79. The molecule has 0 spiro atoms. The Kier molecular flexibility index (Phi) is 2.59. The summed E-state index contributed by atoms with van der Waals surface area (Å²) >= 11 is 0. The van der Waals surface area contributed by atoms with E-state index >= 15 is 0 Å². The van der Waals surface area contributed by atoms with Crippen LogP contribution in [0, 0.1) is 0 Å². The Morgan fingerprint density at radius 3 is 2.81 bits per heavy atom. The lowest BCUT2D eigenvalue weighted by Gasteiger charge is -2.34. The maximum absolute atomic E-state index is 6.17. The van der Waals surface area contributed by atoms with E-state index in [0.717, 1.165) is 18.7 Å². The molecule has 0 saturated carbocycles. The first kappa shape index (κ1) is 11.6. The van der Waals surface area contributed by atoms with Crippen LogP contribution in [0.3, 0.4) is 0 Å². The molecule has 2 unspecified atom stereocenters. The molecule has 16 heavy (non-hydrogen) atoms. The minimum Gasteiger partial charge on any atom is -0.376 e. The van der Waals surface area contributed by atoms with Crippen LogP contribution in [0.2, 0.25) is 0 Å². The predicted molar refractivity (Wildman–Crippen MR) is 63.1 cm³/mol. The summed E-state index contributed by atoms with van der Waals surface area (Å²) in [6.45, 7) is 9.14. The van der Waals surface area contributed by atoms with Crippen LogP contribution in [0.5, 0.6) is 0 Å². The molecule has 1 fully saturated rings. The molecule has 1 saturated heterocycles. The normalized spacial score (nSPS) is 30.9. The summed E-state index contributed by atoms with van der Waals surface area (Å²) in [6.07, 6.45) is 4.93.